The van der Waals surface area contributed by atoms with E-state index < -0.39 is 30.5 Å². The van der Waals surface area contributed by atoms with Crippen molar-refractivity contribution in [1.29, 1.82) is 0 Å². The lowest BCUT2D eigenvalue weighted by Gasteiger charge is -2.40. The van der Waals surface area contributed by atoms with Crippen LogP contribution >= 0.6 is 0 Å². The van der Waals surface area contributed by atoms with E-state index in [9.17, 15) is 15.3 Å². The van der Waals surface area contributed by atoms with Crippen LogP contribution in [0.3, 0.4) is 0 Å². The topological polar surface area (TPSA) is 110 Å². The van der Waals surface area contributed by atoms with Crippen molar-refractivity contribution in [2.24, 2.45) is 0 Å². The number of rotatable bonds is 4. The van der Waals surface area contributed by atoms with Crippen LogP contribution in [0.1, 0.15) is 13.0 Å². The summed E-state index contributed by atoms with van der Waals surface area (Å²) in [5.41, 5.74) is 1.44. The van der Waals surface area contributed by atoms with Gasteiger partial charge < -0.3 is 24.8 Å². The summed E-state index contributed by atoms with van der Waals surface area (Å²) < 4.78 is 12.3. The van der Waals surface area contributed by atoms with Crippen molar-refractivity contribution >= 4 is 0 Å². The van der Waals surface area contributed by atoms with E-state index in [2.05, 4.69) is 10.3 Å². The summed E-state index contributed by atoms with van der Waals surface area (Å²) in [6, 6.07) is 6.80. The molecule has 8 nitrogen and oxygen atoms in total. The highest BCUT2D eigenvalue weighted by Gasteiger charge is 2.43. The molecule has 2 aromatic rings. The smallest absolute Gasteiger partial charge is 0.119 e. The van der Waals surface area contributed by atoms with E-state index in [0.29, 0.717) is 11.4 Å². The Morgan fingerprint density at radius 2 is 2.08 bits per heavy atom. The molecule has 8 heteroatoms. The van der Waals surface area contributed by atoms with Gasteiger partial charge in [0.1, 0.15) is 35.8 Å². The van der Waals surface area contributed by atoms with E-state index in [-0.39, 0.29) is 6.61 Å². The summed E-state index contributed by atoms with van der Waals surface area (Å²) in [6.07, 6.45) is -1.88. The zero-order valence-corrected chi connectivity index (χ0v) is 13.5. The van der Waals surface area contributed by atoms with Gasteiger partial charge in [0.05, 0.1) is 26.0 Å². The minimum absolute atomic E-state index is 0.359. The Hall–Kier alpha value is -2.00. The molecule has 0 amide bonds. The maximum atomic E-state index is 10.4. The zero-order chi connectivity index (χ0) is 17.3. The number of methoxy groups -OCH3 is 1. The molecule has 0 radical (unpaired) electrons. The maximum Gasteiger partial charge on any atom is 0.119 e. The van der Waals surface area contributed by atoms with Crippen LogP contribution in [0, 0.1) is 0 Å². The van der Waals surface area contributed by atoms with Gasteiger partial charge in [-0.25, -0.2) is 4.68 Å². The summed E-state index contributed by atoms with van der Waals surface area (Å²) in [4.78, 5) is 0. The molecule has 3 N–H and O–H groups in total. The molecule has 0 unspecified atom stereocenters. The third-order valence-electron chi connectivity index (χ3n) is 4.31. The first-order valence-corrected chi connectivity index (χ1v) is 7.74. The van der Waals surface area contributed by atoms with Crippen LogP contribution in [-0.2, 0) is 4.74 Å². The fourth-order valence-electron chi connectivity index (χ4n) is 3.00. The standard InChI is InChI=1S/C16H21N3O5/c1-9-14(16(22)15(21)13(8-20)24-9)19-7-12(17-18-19)10-4-3-5-11(6-10)23-2/h3-7,9,13-16,20-22H,8H2,1-2H3/t9-,13+,14-,15-,16+/m0/s1. The second-order valence-corrected chi connectivity index (χ2v) is 5.85. The molecule has 1 fully saturated rings. The van der Waals surface area contributed by atoms with Gasteiger partial charge in [-0.1, -0.05) is 17.3 Å². The lowest BCUT2D eigenvalue weighted by atomic mass is 9.93. The first-order chi connectivity index (χ1) is 11.5. The molecule has 1 aromatic carbocycles. The first kappa shape index (κ1) is 16.8. The number of aromatic nitrogens is 3. The van der Waals surface area contributed by atoms with E-state index in [1.54, 1.807) is 20.2 Å². The number of hydrogen-bond acceptors (Lipinski definition) is 7. The lowest BCUT2D eigenvalue weighted by Crippen LogP contribution is -2.55. The molecule has 0 aliphatic carbocycles. The Balaban J connectivity index is 1.87. The van der Waals surface area contributed by atoms with Gasteiger partial charge in [0.25, 0.3) is 0 Å². The minimum atomic E-state index is -1.19. The molecule has 130 valence electrons. The van der Waals surface area contributed by atoms with Gasteiger partial charge in [-0.05, 0) is 19.1 Å². The Kier molecular flexibility index (Phi) is 4.81. The quantitative estimate of drug-likeness (QED) is 0.721. The molecular weight excluding hydrogens is 314 g/mol. The Labute approximate surface area is 139 Å². The van der Waals surface area contributed by atoms with E-state index in [0.717, 1.165) is 5.56 Å². The average molecular weight is 335 g/mol. The number of ether oxygens (including phenoxy) is 2. The summed E-state index contributed by atoms with van der Waals surface area (Å²) in [7, 11) is 1.59. The Bertz CT molecular complexity index is 692. The fraction of sp³-hybridized carbons (Fsp3) is 0.500. The van der Waals surface area contributed by atoms with Crippen LogP contribution < -0.4 is 4.74 Å². The highest BCUT2D eigenvalue weighted by atomic mass is 16.5. The predicted molar refractivity (Wildman–Crippen MR) is 84.5 cm³/mol. The number of aliphatic hydroxyl groups is 3. The second-order valence-electron chi connectivity index (χ2n) is 5.85. The molecule has 3 rings (SSSR count). The van der Waals surface area contributed by atoms with E-state index >= 15 is 0 Å². The first-order valence-electron chi connectivity index (χ1n) is 7.74. The van der Waals surface area contributed by atoms with Crippen molar-refractivity contribution in [3.63, 3.8) is 0 Å². The highest BCUT2D eigenvalue weighted by Crippen LogP contribution is 2.30. The number of nitrogens with zero attached hydrogens (tertiary/aromatic N) is 3. The molecule has 5 atom stereocenters. The predicted octanol–water partition coefficient (Wildman–Crippen LogP) is -0.00380. The van der Waals surface area contributed by atoms with E-state index in [1.165, 1.54) is 4.68 Å². The van der Waals surface area contributed by atoms with Gasteiger partial charge in [0, 0.05) is 5.56 Å². The van der Waals surface area contributed by atoms with E-state index in [4.69, 9.17) is 9.47 Å². The van der Waals surface area contributed by atoms with Crippen LogP contribution in [0.4, 0.5) is 0 Å². The van der Waals surface area contributed by atoms with Crippen molar-refractivity contribution in [2.75, 3.05) is 13.7 Å². The zero-order valence-electron chi connectivity index (χ0n) is 13.5. The Morgan fingerprint density at radius 1 is 1.29 bits per heavy atom. The SMILES string of the molecule is COc1cccc(-c2cn([C@@H]3[C@@H](O)[C@@H](O)[C@@H](CO)O[C@H]3C)nn2)c1. The van der Waals surface area contributed by atoms with Crippen LogP contribution in [-0.4, -0.2) is 68.4 Å². The second kappa shape index (κ2) is 6.86. The van der Waals surface area contributed by atoms with Crippen molar-refractivity contribution in [2.45, 2.75) is 37.4 Å². The van der Waals surface area contributed by atoms with Crippen LogP contribution in [0.15, 0.2) is 30.5 Å². The summed E-state index contributed by atoms with van der Waals surface area (Å²) in [6.45, 7) is 1.40. The van der Waals surface area contributed by atoms with Crippen LogP contribution in [0.2, 0.25) is 0 Å². The summed E-state index contributed by atoms with van der Waals surface area (Å²) in [5, 5.41) is 37.9. The van der Waals surface area contributed by atoms with Crippen LogP contribution in [0.25, 0.3) is 11.3 Å². The Morgan fingerprint density at radius 3 is 2.79 bits per heavy atom. The number of benzene rings is 1. The molecule has 0 saturated carbocycles. The number of hydrogen-bond donors (Lipinski definition) is 3. The van der Waals surface area contributed by atoms with Gasteiger partial charge in [0.15, 0.2) is 0 Å². The molecule has 2 heterocycles. The maximum absolute atomic E-state index is 10.4. The lowest BCUT2D eigenvalue weighted by molar-refractivity contribution is -0.200. The molecule has 1 aromatic heterocycles. The third kappa shape index (κ3) is 3.01. The normalized spacial score (nSPS) is 30.3. The molecule has 24 heavy (non-hydrogen) atoms. The molecule has 0 bridgehead atoms. The monoisotopic (exact) mass is 335 g/mol. The van der Waals surface area contributed by atoms with Gasteiger partial charge in [-0.2, -0.15) is 0 Å². The largest absolute Gasteiger partial charge is 0.497 e. The van der Waals surface area contributed by atoms with Crippen molar-refractivity contribution in [3.05, 3.63) is 30.5 Å². The third-order valence-corrected chi connectivity index (χ3v) is 4.31. The molecule has 1 saturated heterocycles. The van der Waals surface area contributed by atoms with Crippen LogP contribution in [0.5, 0.6) is 5.75 Å². The minimum Gasteiger partial charge on any atom is -0.497 e. The van der Waals surface area contributed by atoms with E-state index in [1.807, 2.05) is 24.3 Å². The van der Waals surface area contributed by atoms with Gasteiger partial charge in [0.2, 0.25) is 0 Å². The van der Waals surface area contributed by atoms with Crippen molar-refractivity contribution in [1.82, 2.24) is 15.0 Å². The van der Waals surface area contributed by atoms with Gasteiger partial charge in [-0.3, -0.25) is 0 Å². The van der Waals surface area contributed by atoms with Crippen molar-refractivity contribution < 1.29 is 24.8 Å². The number of aliphatic hydroxyl groups excluding tert-OH is 3. The fourth-order valence-corrected chi connectivity index (χ4v) is 3.00. The summed E-state index contributed by atoms with van der Waals surface area (Å²) in [5.74, 6) is 0.706. The summed E-state index contributed by atoms with van der Waals surface area (Å²) >= 11 is 0. The molecule has 0 spiro atoms. The van der Waals surface area contributed by atoms with Gasteiger partial charge in [-0.15, -0.1) is 5.10 Å². The molecule has 1 aliphatic rings. The molecule has 1 aliphatic heterocycles. The average Bonchev–Trinajstić information content (AvgIpc) is 3.08. The molecular formula is C16H21N3O5. The highest BCUT2D eigenvalue weighted by molar-refractivity contribution is 5.59. The van der Waals surface area contributed by atoms with Gasteiger partial charge >= 0.3 is 0 Å². The van der Waals surface area contributed by atoms with Crippen molar-refractivity contribution in [3.8, 4) is 17.0 Å².